The predicted octanol–water partition coefficient (Wildman–Crippen LogP) is 3.82. The highest BCUT2D eigenvalue weighted by atomic mass is 16.5. The summed E-state index contributed by atoms with van der Waals surface area (Å²) in [5, 5.41) is 20.7. The summed E-state index contributed by atoms with van der Waals surface area (Å²) in [6, 6.07) is 21.5. The number of aliphatic hydroxyl groups excluding tert-OH is 1. The van der Waals surface area contributed by atoms with Gasteiger partial charge in [-0.2, -0.15) is 0 Å². The number of ether oxygens (including phenoxy) is 2. The maximum absolute atomic E-state index is 13.4. The van der Waals surface area contributed by atoms with Gasteiger partial charge in [0.05, 0.1) is 25.9 Å². The highest BCUT2D eigenvalue weighted by Crippen LogP contribution is 2.24. The van der Waals surface area contributed by atoms with Gasteiger partial charge in [-0.25, -0.2) is 0 Å². The van der Waals surface area contributed by atoms with Crippen molar-refractivity contribution in [2.75, 3.05) is 26.8 Å². The van der Waals surface area contributed by atoms with E-state index in [-0.39, 0.29) is 18.4 Å². The molecule has 4 bridgehead atoms. The number of carbonyl (C=O) groups is 2. The van der Waals surface area contributed by atoms with E-state index < -0.39 is 17.7 Å². The largest absolute Gasteiger partial charge is 0.497 e. The van der Waals surface area contributed by atoms with E-state index in [0.29, 0.717) is 30.7 Å². The van der Waals surface area contributed by atoms with Crippen molar-refractivity contribution in [3.63, 3.8) is 0 Å². The molecule has 8 heteroatoms. The van der Waals surface area contributed by atoms with E-state index in [2.05, 4.69) is 16.0 Å². The molecule has 40 heavy (non-hydrogen) atoms. The molecule has 1 aliphatic rings. The van der Waals surface area contributed by atoms with Crippen LogP contribution in [0.1, 0.15) is 58.5 Å². The molecule has 0 unspecified atom stereocenters. The number of hydrogen-bond donors (Lipinski definition) is 4. The van der Waals surface area contributed by atoms with Gasteiger partial charge >= 0.3 is 0 Å². The van der Waals surface area contributed by atoms with Crippen molar-refractivity contribution >= 4 is 11.8 Å². The van der Waals surface area contributed by atoms with Gasteiger partial charge in [0.25, 0.3) is 11.8 Å². The number of carbonyl (C=O) groups excluding carboxylic acids is 2. The minimum absolute atomic E-state index is 0.230. The Morgan fingerprint density at radius 1 is 1.00 bits per heavy atom. The van der Waals surface area contributed by atoms with Gasteiger partial charge < -0.3 is 30.5 Å². The predicted molar refractivity (Wildman–Crippen MR) is 155 cm³/mol. The minimum Gasteiger partial charge on any atom is -0.497 e. The van der Waals surface area contributed by atoms with E-state index in [1.54, 1.807) is 31.4 Å². The quantitative estimate of drug-likeness (QED) is 0.375. The number of nitrogens with one attached hydrogen (secondary N) is 3. The van der Waals surface area contributed by atoms with Gasteiger partial charge in [-0.05, 0) is 86.7 Å². The molecule has 0 radical (unpaired) electrons. The molecule has 8 nitrogen and oxygen atoms in total. The van der Waals surface area contributed by atoms with Crippen LogP contribution in [0.4, 0.5) is 0 Å². The van der Waals surface area contributed by atoms with Crippen LogP contribution >= 0.6 is 0 Å². The van der Waals surface area contributed by atoms with Gasteiger partial charge in [0, 0.05) is 29.8 Å². The van der Waals surface area contributed by atoms with Crippen LogP contribution in [0.25, 0.3) is 0 Å². The molecule has 0 aliphatic carbocycles. The van der Waals surface area contributed by atoms with Gasteiger partial charge in [0.15, 0.2) is 0 Å². The fraction of sp³-hybridized carbons (Fsp3) is 0.375. The fourth-order valence-electron chi connectivity index (χ4n) is 4.69. The van der Waals surface area contributed by atoms with Crippen molar-refractivity contribution in [2.24, 2.45) is 0 Å². The summed E-state index contributed by atoms with van der Waals surface area (Å²) >= 11 is 0. The molecule has 3 aromatic rings. The second-order valence-corrected chi connectivity index (χ2v) is 10.6. The second-order valence-electron chi connectivity index (χ2n) is 10.6. The molecule has 0 aromatic heterocycles. The molecular formula is C32H39N3O5. The summed E-state index contributed by atoms with van der Waals surface area (Å²) in [5.74, 6) is 0.898. The third-order valence-corrected chi connectivity index (χ3v) is 7.19. The van der Waals surface area contributed by atoms with E-state index in [9.17, 15) is 14.7 Å². The van der Waals surface area contributed by atoms with Crippen LogP contribution in [0.15, 0.2) is 72.8 Å². The molecule has 0 saturated carbocycles. The Morgan fingerprint density at radius 2 is 1.75 bits per heavy atom. The summed E-state index contributed by atoms with van der Waals surface area (Å²) in [5.41, 5.74) is 2.25. The van der Waals surface area contributed by atoms with E-state index in [0.717, 1.165) is 35.5 Å². The number of fused-ring (bicyclic) bond motifs is 4. The normalized spacial score (nSPS) is 17.6. The van der Waals surface area contributed by atoms with Gasteiger partial charge in [-0.3, -0.25) is 9.59 Å². The zero-order valence-electron chi connectivity index (χ0n) is 23.4. The molecular weight excluding hydrogens is 506 g/mol. The van der Waals surface area contributed by atoms with Crippen molar-refractivity contribution in [2.45, 2.75) is 50.8 Å². The number of amides is 2. The number of benzene rings is 3. The van der Waals surface area contributed by atoms with Crippen molar-refractivity contribution in [1.29, 1.82) is 0 Å². The molecule has 4 N–H and O–H groups in total. The lowest BCUT2D eigenvalue weighted by Gasteiger charge is -2.31. The number of hydrogen-bond acceptors (Lipinski definition) is 6. The molecule has 2 atom stereocenters. The SMILES string of the molecule is COc1cccc(C(C)(C)NC[C@@H](O)[C@@H]2Cc3cccc(c3)OCCCCNC(=O)c3cccc(c3)C(=O)N2)c1. The Labute approximate surface area is 236 Å². The van der Waals surface area contributed by atoms with E-state index in [1.807, 2.05) is 62.4 Å². The second kappa shape index (κ2) is 13.5. The number of methoxy groups -OCH3 is 1. The summed E-state index contributed by atoms with van der Waals surface area (Å²) in [6.45, 7) is 5.35. The third-order valence-electron chi connectivity index (χ3n) is 7.19. The topological polar surface area (TPSA) is 109 Å². The highest BCUT2D eigenvalue weighted by molar-refractivity contribution is 5.99. The van der Waals surface area contributed by atoms with Crippen LogP contribution in [-0.4, -0.2) is 55.9 Å². The first-order chi connectivity index (χ1) is 19.2. The van der Waals surface area contributed by atoms with E-state index >= 15 is 0 Å². The summed E-state index contributed by atoms with van der Waals surface area (Å²) in [6.07, 6.45) is 1.05. The Hall–Kier alpha value is -3.88. The average molecular weight is 546 g/mol. The Morgan fingerprint density at radius 3 is 2.55 bits per heavy atom. The fourth-order valence-corrected chi connectivity index (χ4v) is 4.69. The molecule has 1 heterocycles. The number of rotatable bonds is 6. The van der Waals surface area contributed by atoms with Crippen molar-refractivity contribution in [1.82, 2.24) is 16.0 Å². The minimum atomic E-state index is -0.910. The highest BCUT2D eigenvalue weighted by Gasteiger charge is 2.27. The lowest BCUT2D eigenvalue weighted by Crippen LogP contribution is -2.51. The van der Waals surface area contributed by atoms with Crippen molar-refractivity contribution in [3.05, 3.63) is 95.1 Å². The van der Waals surface area contributed by atoms with Gasteiger partial charge in [-0.1, -0.05) is 30.3 Å². The van der Waals surface area contributed by atoms with Crippen LogP contribution in [-0.2, 0) is 12.0 Å². The van der Waals surface area contributed by atoms with E-state index in [1.165, 1.54) is 0 Å². The van der Waals surface area contributed by atoms with Gasteiger partial charge in [-0.15, -0.1) is 0 Å². The first-order valence-corrected chi connectivity index (χ1v) is 13.7. The summed E-state index contributed by atoms with van der Waals surface area (Å²) < 4.78 is 11.3. The lowest BCUT2D eigenvalue weighted by atomic mass is 9.93. The molecule has 4 rings (SSSR count). The summed E-state index contributed by atoms with van der Waals surface area (Å²) in [4.78, 5) is 26.0. The Balaban J connectivity index is 1.57. The van der Waals surface area contributed by atoms with Crippen LogP contribution in [0, 0.1) is 0 Å². The van der Waals surface area contributed by atoms with Crippen LogP contribution < -0.4 is 25.4 Å². The molecule has 0 saturated heterocycles. The maximum Gasteiger partial charge on any atom is 0.251 e. The van der Waals surface area contributed by atoms with E-state index in [4.69, 9.17) is 9.47 Å². The van der Waals surface area contributed by atoms with Gasteiger partial charge in [0.1, 0.15) is 11.5 Å². The Kier molecular flexibility index (Phi) is 9.79. The van der Waals surface area contributed by atoms with Crippen molar-refractivity contribution in [3.8, 4) is 11.5 Å². The molecule has 3 aromatic carbocycles. The first kappa shape index (κ1) is 29.1. The standard InChI is InChI=1S/C32H39N3O5/c1-32(2,25-12-8-13-26(20-25)39-3)34-21-29(36)28-18-22-9-6-14-27(17-22)40-16-5-4-15-33-30(37)23-10-7-11-24(19-23)31(38)35-28/h6-14,17,19-20,28-29,34,36H,4-5,15-16,18,21H2,1-3H3,(H,33,37)(H,35,38)/t28-,29+/m0/s1. The monoisotopic (exact) mass is 545 g/mol. The van der Waals surface area contributed by atoms with Gasteiger partial charge in [0.2, 0.25) is 0 Å². The smallest absolute Gasteiger partial charge is 0.251 e. The molecule has 212 valence electrons. The number of aliphatic hydroxyl groups is 1. The summed E-state index contributed by atoms with van der Waals surface area (Å²) in [7, 11) is 1.63. The van der Waals surface area contributed by atoms with Crippen LogP contribution in [0.5, 0.6) is 11.5 Å². The molecule has 2 amide bonds. The molecule has 0 fully saturated rings. The van der Waals surface area contributed by atoms with Crippen molar-refractivity contribution < 1.29 is 24.2 Å². The lowest BCUT2D eigenvalue weighted by molar-refractivity contribution is 0.0813. The van der Waals surface area contributed by atoms with Crippen LogP contribution in [0.3, 0.4) is 0 Å². The zero-order valence-corrected chi connectivity index (χ0v) is 23.4. The molecule has 1 aliphatic heterocycles. The maximum atomic E-state index is 13.4. The molecule has 0 spiro atoms. The van der Waals surface area contributed by atoms with Crippen LogP contribution in [0.2, 0.25) is 0 Å². The Bertz CT molecular complexity index is 1310. The first-order valence-electron chi connectivity index (χ1n) is 13.7. The average Bonchev–Trinajstić information content (AvgIpc) is 2.97. The third kappa shape index (κ3) is 7.83. The zero-order chi connectivity index (χ0) is 28.5.